The minimum Gasteiger partial charge on any atom is -0.481 e. The maximum atomic E-state index is 12.2. The molecule has 24 heavy (non-hydrogen) atoms. The quantitative estimate of drug-likeness (QED) is 0.763. The molecule has 1 atom stereocenters. The second-order valence-electron chi connectivity index (χ2n) is 6.27. The van der Waals surface area contributed by atoms with Crippen molar-refractivity contribution in [2.75, 3.05) is 20.1 Å². The fourth-order valence-electron chi connectivity index (χ4n) is 2.32. The maximum absolute atomic E-state index is 12.2. The highest BCUT2D eigenvalue weighted by Crippen LogP contribution is 2.12. The molecule has 0 radical (unpaired) electrons. The zero-order valence-corrected chi connectivity index (χ0v) is 14.7. The minimum atomic E-state index is -0.919. The Balaban J connectivity index is 2.78. The van der Waals surface area contributed by atoms with Gasteiger partial charge in [-0.15, -0.1) is 0 Å². The van der Waals surface area contributed by atoms with Crippen LogP contribution in [0.4, 0.5) is 0 Å². The molecule has 0 aliphatic carbocycles. The number of benzene rings is 1. The van der Waals surface area contributed by atoms with E-state index in [1.807, 2.05) is 20.8 Å². The Labute approximate surface area is 142 Å². The molecule has 1 aromatic carbocycles. The predicted octanol–water partition coefficient (Wildman–Crippen LogP) is 2.26. The average molecular weight is 334 g/mol. The third-order valence-corrected chi connectivity index (χ3v) is 3.81. The zero-order valence-electron chi connectivity index (χ0n) is 14.7. The van der Waals surface area contributed by atoms with E-state index in [2.05, 4.69) is 5.32 Å². The van der Waals surface area contributed by atoms with Crippen molar-refractivity contribution in [3.8, 4) is 0 Å². The monoisotopic (exact) mass is 334 g/mol. The molecule has 2 N–H and O–H groups in total. The summed E-state index contributed by atoms with van der Waals surface area (Å²) >= 11 is 0. The van der Waals surface area contributed by atoms with Crippen LogP contribution >= 0.6 is 0 Å². The van der Waals surface area contributed by atoms with Crippen LogP contribution in [0.5, 0.6) is 0 Å². The highest BCUT2D eigenvalue weighted by molar-refractivity contribution is 5.99. The Morgan fingerprint density at radius 1 is 1.21 bits per heavy atom. The molecule has 0 aliphatic rings. The summed E-state index contributed by atoms with van der Waals surface area (Å²) < 4.78 is 0. The maximum Gasteiger partial charge on any atom is 0.308 e. The van der Waals surface area contributed by atoms with E-state index in [1.165, 1.54) is 6.07 Å². The van der Waals surface area contributed by atoms with Crippen molar-refractivity contribution in [1.29, 1.82) is 0 Å². The van der Waals surface area contributed by atoms with Crippen LogP contribution in [0.1, 0.15) is 47.9 Å². The number of carboxylic acid groups (broad SMARTS) is 1. The first-order valence-corrected chi connectivity index (χ1v) is 8.12. The Morgan fingerprint density at radius 2 is 1.83 bits per heavy atom. The van der Waals surface area contributed by atoms with Crippen LogP contribution in [-0.2, 0) is 4.79 Å². The summed E-state index contributed by atoms with van der Waals surface area (Å²) in [7, 11) is 1.69. The van der Waals surface area contributed by atoms with E-state index in [4.69, 9.17) is 0 Å². The second kappa shape index (κ2) is 9.05. The summed E-state index contributed by atoms with van der Waals surface area (Å²) in [4.78, 5) is 37.2. The molecule has 0 fully saturated rings. The van der Waals surface area contributed by atoms with E-state index in [9.17, 15) is 19.5 Å². The summed E-state index contributed by atoms with van der Waals surface area (Å²) in [5.74, 6) is -1.84. The third-order valence-electron chi connectivity index (χ3n) is 3.81. The largest absolute Gasteiger partial charge is 0.481 e. The molecule has 0 heterocycles. The lowest BCUT2D eigenvalue weighted by Crippen LogP contribution is -2.34. The van der Waals surface area contributed by atoms with Crippen molar-refractivity contribution in [2.24, 2.45) is 11.8 Å². The Hall–Kier alpha value is -2.37. The molecule has 0 bridgehead atoms. The number of carbonyl (C=O) groups excluding carboxylic acids is 2. The first kappa shape index (κ1) is 19.7. The van der Waals surface area contributed by atoms with E-state index in [1.54, 1.807) is 30.1 Å². The molecule has 0 aromatic heterocycles. The van der Waals surface area contributed by atoms with Crippen LogP contribution in [0.25, 0.3) is 0 Å². The summed E-state index contributed by atoms with van der Waals surface area (Å²) in [5.41, 5.74) is 0.781. The van der Waals surface area contributed by atoms with Crippen LogP contribution in [-0.4, -0.2) is 47.9 Å². The highest BCUT2D eigenvalue weighted by Gasteiger charge is 2.20. The summed E-state index contributed by atoms with van der Waals surface area (Å²) in [6.07, 6.45) is 0.495. The lowest BCUT2D eigenvalue weighted by molar-refractivity contribution is -0.142. The van der Waals surface area contributed by atoms with E-state index in [-0.39, 0.29) is 24.3 Å². The predicted molar refractivity (Wildman–Crippen MR) is 92.0 cm³/mol. The molecule has 132 valence electrons. The van der Waals surface area contributed by atoms with E-state index in [0.29, 0.717) is 24.1 Å². The smallest absolute Gasteiger partial charge is 0.308 e. The minimum absolute atomic E-state index is 0.0688. The van der Waals surface area contributed by atoms with Crippen LogP contribution < -0.4 is 5.32 Å². The molecule has 1 aromatic rings. The van der Waals surface area contributed by atoms with Gasteiger partial charge in [-0.25, -0.2) is 0 Å². The van der Waals surface area contributed by atoms with Gasteiger partial charge in [-0.05, 0) is 37.5 Å². The number of amides is 2. The molecular formula is C18H26N2O4. The molecule has 1 rings (SSSR count). The van der Waals surface area contributed by atoms with Crippen LogP contribution in [0, 0.1) is 11.8 Å². The SMILES string of the molecule is CCN(C)C(=O)c1cccc(C(=O)NCC(CC(C)C)C(=O)O)c1. The molecule has 2 amide bonds. The topological polar surface area (TPSA) is 86.7 Å². The number of carboxylic acids is 1. The van der Waals surface area contributed by atoms with Gasteiger partial charge in [-0.1, -0.05) is 19.9 Å². The lowest BCUT2D eigenvalue weighted by Gasteiger charge is -2.16. The van der Waals surface area contributed by atoms with Crippen LogP contribution in [0.15, 0.2) is 24.3 Å². The number of aliphatic carboxylic acids is 1. The number of hydrogen-bond donors (Lipinski definition) is 2. The molecule has 0 saturated carbocycles. The van der Waals surface area contributed by atoms with Gasteiger partial charge in [-0.3, -0.25) is 14.4 Å². The molecule has 1 unspecified atom stereocenters. The molecular weight excluding hydrogens is 308 g/mol. The standard InChI is InChI=1S/C18H26N2O4/c1-5-20(4)17(22)14-8-6-7-13(10-14)16(21)19-11-15(18(23)24)9-12(2)3/h6-8,10,12,15H,5,9,11H2,1-4H3,(H,19,21)(H,23,24). The highest BCUT2D eigenvalue weighted by atomic mass is 16.4. The molecule has 6 nitrogen and oxygen atoms in total. The molecule has 0 spiro atoms. The van der Waals surface area contributed by atoms with Gasteiger partial charge in [0.25, 0.3) is 11.8 Å². The fourth-order valence-corrected chi connectivity index (χ4v) is 2.32. The normalized spacial score (nSPS) is 11.9. The van der Waals surface area contributed by atoms with E-state index in [0.717, 1.165) is 0 Å². The van der Waals surface area contributed by atoms with Crippen molar-refractivity contribution >= 4 is 17.8 Å². The molecule has 0 aliphatic heterocycles. The first-order valence-electron chi connectivity index (χ1n) is 8.12. The van der Waals surface area contributed by atoms with Gasteiger partial charge in [0.05, 0.1) is 5.92 Å². The van der Waals surface area contributed by atoms with Gasteiger partial charge in [-0.2, -0.15) is 0 Å². The number of nitrogens with zero attached hydrogens (tertiary/aromatic N) is 1. The lowest BCUT2D eigenvalue weighted by atomic mass is 9.97. The molecule has 0 saturated heterocycles. The number of hydrogen-bond acceptors (Lipinski definition) is 3. The number of nitrogens with one attached hydrogen (secondary N) is 1. The summed E-state index contributed by atoms with van der Waals surface area (Å²) in [5, 5.41) is 11.9. The van der Waals surface area contributed by atoms with Gasteiger partial charge in [0.1, 0.15) is 0 Å². The number of carbonyl (C=O) groups is 3. The molecule has 6 heteroatoms. The van der Waals surface area contributed by atoms with Crippen LogP contribution in [0.2, 0.25) is 0 Å². The fraction of sp³-hybridized carbons (Fsp3) is 0.500. The van der Waals surface area contributed by atoms with Crippen molar-refractivity contribution in [3.05, 3.63) is 35.4 Å². The Morgan fingerprint density at radius 3 is 2.38 bits per heavy atom. The Kier molecular flexibility index (Phi) is 7.42. The van der Waals surface area contributed by atoms with E-state index < -0.39 is 11.9 Å². The first-order chi connectivity index (χ1) is 11.3. The van der Waals surface area contributed by atoms with E-state index >= 15 is 0 Å². The van der Waals surface area contributed by atoms with Crippen molar-refractivity contribution in [3.63, 3.8) is 0 Å². The zero-order chi connectivity index (χ0) is 18.3. The second-order valence-corrected chi connectivity index (χ2v) is 6.27. The van der Waals surface area contributed by atoms with Gasteiger partial charge in [0.15, 0.2) is 0 Å². The summed E-state index contributed by atoms with van der Waals surface area (Å²) in [6, 6.07) is 6.44. The van der Waals surface area contributed by atoms with Gasteiger partial charge >= 0.3 is 5.97 Å². The Bertz CT molecular complexity index is 598. The number of rotatable bonds is 8. The van der Waals surface area contributed by atoms with Gasteiger partial charge < -0.3 is 15.3 Å². The van der Waals surface area contributed by atoms with Crippen LogP contribution in [0.3, 0.4) is 0 Å². The van der Waals surface area contributed by atoms with Gasteiger partial charge in [0, 0.05) is 31.3 Å². The van der Waals surface area contributed by atoms with Crippen molar-refractivity contribution < 1.29 is 19.5 Å². The van der Waals surface area contributed by atoms with Gasteiger partial charge in [0.2, 0.25) is 0 Å². The average Bonchev–Trinajstić information content (AvgIpc) is 2.56. The summed E-state index contributed by atoms with van der Waals surface area (Å²) in [6.45, 7) is 6.40. The van der Waals surface area contributed by atoms with Crippen molar-refractivity contribution in [2.45, 2.75) is 27.2 Å². The van der Waals surface area contributed by atoms with Crippen molar-refractivity contribution in [1.82, 2.24) is 10.2 Å². The third kappa shape index (κ3) is 5.68.